The molecule has 1 aliphatic heterocycles. The van der Waals surface area contributed by atoms with Gasteiger partial charge in [0.1, 0.15) is 11.4 Å². The molecule has 1 amide bonds. The number of benzene rings is 3. The van der Waals surface area contributed by atoms with Crippen molar-refractivity contribution < 1.29 is 22.9 Å². The molecule has 43 heavy (non-hydrogen) atoms. The van der Waals surface area contributed by atoms with Crippen molar-refractivity contribution in [1.29, 1.82) is 0 Å². The molecule has 0 unspecified atom stereocenters. The van der Waals surface area contributed by atoms with Crippen molar-refractivity contribution in [2.24, 2.45) is 0 Å². The van der Waals surface area contributed by atoms with Gasteiger partial charge in [0, 0.05) is 49.2 Å². The third kappa shape index (κ3) is 7.34. The number of aromatic nitrogens is 1. The lowest BCUT2D eigenvalue weighted by Crippen LogP contribution is -2.39. The van der Waals surface area contributed by atoms with Crippen LogP contribution < -0.4 is 10.0 Å². The number of sulfonamides is 1. The molecule has 0 spiro atoms. The second kappa shape index (κ2) is 13.6. The summed E-state index contributed by atoms with van der Waals surface area (Å²) >= 11 is 6.41. The number of nitro benzene ring substituents is 1. The molecule has 1 fully saturated rings. The normalized spacial score (nSPS) is 14.1. The second-order valence-electron chi connectivity index (χ2n) is 10.2. The van der Waals surface area contributed by atoms with Crippen LogP contribution in [0.2, 0.25) is 5.02 Å². The van der Waals surface area contributed by atoms with E-state index in [0.717, 1.165) is 31.1 Å². The number of nitrogens with one attached hydrogen (secondary N) is 2. The van der Waals surface area contributed by atoms with Gasteiger partial charge in [0.15, 0.2) is 0 Å². The number of fused-ring (bicyclic) bond motifs is 1. The van der Waals surface area contributed by atoms with E-state index in [1.807, 2.05) is 36.4 Å². The highest BCUT2D eigenvalue weighted by atomic mass is 35.5. The quantitative estimate of drug-likeness (QED) is 0.171. The summed E-state index contributed by atoms with van der Waals surface area (Å²) in [5, 5.41) is 15.9. The van der Waals surface area contributed by atoms with Crippen LogP contribution in [0.5, 0.6) is 0 Å². The molecule has 0 atom stereocenters. The summed E-state index contributed by atoms with van der Waals surface area (Å²) in [4.78, 5) is 26.4. The molecule has 0 saturated carbocycles. The lowest BCUT2D eigenvalue weighted by Gasteiger charge is -2.26. The number of anilines is 1. The maximum atomic E-state index is 13.4. The third-order valence-corrected chi connectivity index (χ3v) is 9.02. The van der Waals surface area contributed by atoms with Gasteiger partial charge in [0.05, 0.1) is 28.5 Å². The number of aryl methyl sites for hydroxylation is 2. The van der Waals surface area contributed by atoms with Gasteiger partial charge in [-0.15, -0.1) is 0 Å². The van der Waals surface area contributed by atoms with Crippen LogP contribution >= 0.6 is 11.6 Å². The minimum Gasteiger partial charge on any atom is -0.379 e. The number of halogens is 1. The van der Waals surface area contributed by atoms with Gasteiger partial charge in [-0.1, -0.05) is 48.0 Å². The molecule has 2 N–H and O–H groups in total. The Hall–Kier alpha value is -3.97. The molecule has 2 heterocycles. The number of hydrogen-bond acceptors (Lipinski definition) is 8. The molecule has 4 aromatic rings. The third-order valence-electron chi connectivity index (χ3n) is 7.37. The Morgan fingerprint density at radius 2 is 1.77 bits per heavy atom. The Balaban J connectivity index is 1.34. The van der Waals surface area contributed by atoms with E-state index < -0.39 is 31.4 Å². The van der Waals surface area contributed by atoms with Crippen molar-refractivity contribution in [3.63, 3.8) is 0 Å². The number of amides is 1. The van der Waals surface area contributed by atoms with Gasteiger partial charge in [-0.3, -0.25) is 19.8 Å². The molecule has 0 bridgehead atoms. The number of rotatable bonds is 12. The topological polar surface area (TPSA) is 136 Å². The van der Waals surface area contributed by atoms with Gasteiger partial charge in [-0.05, 0) is 48.7 Å². The molecule has 5 rings (SSSR count). The van der Waals surface area contributed by atoms with E-state index in [0.29, 0.717) is 55.2 Å². The Bertz CT molecular complexity index is 1720. The predicted molar refractivity (Wildman–Crippen MR) is 165 cm³/mol. The molecule has 0 radical (unpaired) electrons. The van der Waals surface area contributed by atoms with Crippen molar-refractivity contribution in [2.45, 2.75) is 24.3 Å². The maximum Gasteiger partial charge on any atom is 0.293 e. The van der Waals surface area contributed by atoms with E-state index in [1.54, 1.807) is 22.8 Å². The Labute approximate surface area is 254 Å². The first kappa shape index (κ1) is 30.5. The molecular weight excluding hydrogens is 594 g/mol. The van der Waals surface area contributed by atoms with Crippen LogP contribution in [0.15, 0.2) is 77.7 Å². The fraction of sp³-hybridized carbons (Fsp3) is 0.300. The first-order chi connectivity index (χ1) is 20.7. The van der Waals surface area contributed by atoms with Gasteiger partial charge in [0.25, 0.3) is 21.6 Å². The number of nitro groups is 1. The smallest absolute Gasteiger partial charge is 0.293 e. The van der Waals surface area contributed by atoms with Crippen molar-refractivity contribution in [2.75, 3.05) is 44.7 Å². The SMILES string of the molecule is O=C(NS(=O)(=O)c1ccc(NCCN2CCOCC2)c([N+](=O)[O-])c1)c1cc2c(Cl)cccc2n1CCCc1ccccc1. The van der Waals surface area contributed by atoms with E-state index in [1.165, 1.54) is 12.1 Å². The van der Waals surface area contributed by atoms with Crippen LogP contribution in [-0.2, 0) is 27.7 Å². The minimum absolute atomic E-state index is 0.121. The van der Waals surface area contributed by atoms with Crippen molar-refractivity contribution >= 4 is 49.8 Å². The van der Waals surface area contributed by atoms with E-state index in [4.69, 9.17) is 16.3 Å². The Kier molecular flexibility index (Phi) is 9.61. The number of carbonyl (C=O) groups excluding carboxylic acids is 1. The first-order valence-corrected chi connectivity index (χ1v) is 15.8. The summed E-state index contributed by atoms with van der Waals surface area (Å²) in [6.45, 7) is 4.36. The van der Waals surface area contributed by atoms with Gasteiger partial charge in [0.2, 0.25) is 0 Å². The predicted octanol–water partition coefficient (Wildman–Crippen LogP) is 4.70. The number of ether oxygens (including phenoxy) is 1. The fourth-order valence-corrected chi connectivity index (χ4v) is 6.35. The zero-order valence-electron chi connectivity index (χ0n) is 23.4. The summed E-state index contributed by atoms with van der Waals surface area (Å²) in [6.07, 6.45) is 1.45. The van der Waals surface area contributed by atoms with Gasteiger partial charge in [-0.25, -0.2) is 13.1 Å². The standard InChI is InChI=1S/C30H32ClN5O6S/c31-25-9-4-10-27-24(25)21-29(35(27)14-5-8-22-6-2-1-3-7-22)30(37)33-43(40,41)23-11-12-26(28(20-23)36(38)39)32-13-15-34-16-18-42-19-17-34/h1-4,6-7,9-12,20-21,32H,5,8,13-19H2,(H,33,37). The van der Waals surface area contributed by atoms with Crippen LogP contribution in [0.25, 0.3) is 10.9 Å². The number of hydrogen-bond donors (Lipinski definition) is 2. The average molecular weight is 626 g/mol. The summed E-state index contributed by atoms with van der Waals surface area (Å²) in [5.41, 5.74) is 1.75. The average Bonchev–Trinajstić information content (AvgIpc) is 3.38. The van der Waals surface area contributed by atoms with Gasteiger partial charge in [-0.2, -0.15) is 0 Å². The van der Waals surface area contributed by atoms with Crippen molar-refractivity contribution in [1.82, 2.24) is 14.2 Å². The summed E-state index contributed by atoms with van der Waals surface area (Å²) in [7, 11) is -4.45. The van der Waals surface area contributed by atoms with Crippen LogP contribution in [0, 0.1) is 10.1 Å². The molecule has 0 aliphatic carbocycles. The zero-order valence-corrected chi connectivity index (χ0v) is 24.9. The highest BCUT2D eigenvalue weighted by molar-refractivity contribution is 7.90. The lowest BCUT2D eigenvalue weighted by atomic mass is 10.1. The Morgan fingerprint density at radius 3 is 2.51 bits per heavy atom. The summed E-state index contributed by atoms with van der Waals surface area (Å²) in [6, 6.07) is 20.3. The van der Waals surface area contributed by atoms with Crippen LogP contribution in [0.3, 0.4) is 0 Å². The van der Waals surface area contributed by atoms with E-state index in [9.17, 15) is 23.3 Å². The molecule has 226 valence electrons. The van der Waals surface area contributed by atoms with E-state index in [2.05, 4.69) is 14.9 Å². The maximum absolute atomic E-state index is 13.4. The summed E-state index contributed by atoms with van der Waals surface area (Å²) < 4.78 is 35.7. The highest BCUT2D eigenvalue weighted by Gasteiger charge is 2.26. The van der Waals surface area contributed by atoms with Crippen LogP contribution in [-0.4, -0.2) is 68.1 Å². The van der Waals surface area contributed by atoms with Crippen LogP contribution in [0.1, 0.15) is 22.5 Å². The fourth-order valence-electron chi connectivity index (χ4n) is 5.15. The molecular formula is C30H32ClN5O6S. The first-order valence-electron chi connectivity index (χ1n) is 13.9. The second-order valence-corrected chi connectivity index (χ2v) is 12.3. The van der Waals surface area contributed by atoms with Gasteiger partial charge >= 0.3 is 0 Å². The zero-order chi connectivity index (χ0) is 30.4. The van der Waals surface area contributed by atoms with Crippen LogP contribution in [0.4, 0.5) is 11.4 Å². The van der Waals surface area contributed by atoms with Gasteiger partial charge < -0.3 is 14.6 Å². The molecule has 1 saturated heterocycles. The number of morpholine rings is 1. The summed E-state index contributed by atoms with van der Waals surface area (Å²) in [5.74, 6) is -0.859. The molecule has 3 aromatic carbocycles. The number of nitrogens with zero attached hydrogens (tertiary/aromatic N) is 3. The lowest BCUT2D eigenvalue weighted by molar-refractivity contribution is -0.384. The highest BCUT2D eigenvalue weighted by Crippen LogP contribution is 2.30. The monoisotopic (exact) mass is 625 g/mol. The van der Waals surface area contributed by atoms with E-state index >= 15 is 0 Å². The Morgan fingerprint density at radius 1 is 1.00 bits per heavy atom. The largest absolute Gasteiger partial charge is 0.379 e. The molecule has 13 heteroatoms. The van der Waals surface area contributed by atoms with Crippen molar-refractivity contribution in [3.05, 3.63) is 99.2 Å². The van der Waals surface area contributed by atoms with Crippen molar-refractivity contribution in [3.8, 4) is 0 Å². The number of carbonyl (C=O) groups is 1. The van der Waals surface area contributed by atoms with E-state index in [-0.39, 0.29) is 11.4 Å². The molecule has 1 aromatic heterocycles. The molecule has 1 aliphatic rings. The minimum atomic E-state index is -4.45. The molecule has 11 nitrogen and oxygen atoms in total.